The highest BCUT2D eigenvalue weighted by Crippen LogP contribution is 2.37. The molecule has 0 N–H and O–H groups in total. The number of ketones is 1. The number of thioether (sulfide) groups is 1. The summed E-state index contributed by atoms with van der Waals surface area (Å²) in [7, 11) is 0. The van der Waals surface area contributed by atoms with E-state index in [0.717, 1.165) is 10.7 Å². The van der Waals surface area contributed by atoms with Gasteiger partial charge in [-0.05, 0) is 31.2 Å². The van der Waals surface area contributed by atoms with E-state index in [1.807, 2.05) is 42.5 Å². The van der Waals surface area contributed by atoms with E-state index < -0.39 is 0 Å². The predicted octanol–water partition coefficient (Wildman–Crippen LogP) is 4.09. The maximum absolute atomic E-state index is 11.3. The first kappa shape index (κ1) is 12.0. The number of Topliss-reactive ketones (excluding diaryl/α,β-unsaturated/α-hetero) is 1. The van der Waals surface area contributed by atoms with Crippen molar-refractivity contribution in [3.63, 3.8) is 0 Å². The standard InChI is InChI=1S/C14H14O2S/c1-11(15)10-14(13-8-5-9-16-13)17-12-6-3-2-4-7-12/h2-9,14H,10H2,1H3. The minimum absolute atomic E-state index is 0.0601. The molecular weight excluding hydrogens is 232 g/mol. The Morgan fingerprint density at radius 3 is 2.59 bits per heavy atom. The van der Waals surface area contributed by atoms with Crippen LogP contribution in [-0.2, 0) is 4.79 Å². The number of hydrogen-bond acceptors (Lipinski definition) is 3. The van der Waals surface area contributed by atoms with Gasteiger partial charge in [0.25, 0.3) is 0 Å². The molecule has 0 amide bonds. The molecule has 88 valence electrons. The molecule has 1 atom stereocenters. The molecule has 0 aliphatic carbocycles. The second-order valence-electron chi connectivity index (χ2n) is 3.84. The molecule has 0 spiro atoms. The Balaban J connectivity index is 2.14. The quantitative estimate of drug-likeness (QED) is 0.744. The monoisotopic (exact) mass is 246 g/mol. The van der Waals surface area contributed by atoms with Crippen molar-refractivity contribution < 1.29 is 9.21 Å². The molecule has 1 aromatic carbocycles. The van der Waals surface area contributed by atoms with E-state index >= 15 is 0 Å². The second kappa shape index (κ2) is 5.73. The van der Waals surface area contributed by atoms with Gasteiger partial charge in [0.1, 0.15) is 11.5 Å². The average molecular weight is 246 g/mol. The number of hydrogen-bond donors (Lipinski definition) is 0. The average Bonchev–Trinajstić information content (AvgIpc) is 2.82. The number of benzene rings is 1. The lowest BCUT2D eigenvalue weighted by atomic mass is 10.2. The van der Waals surface area contributed by atoms with Gasteiger partial charge in [-0.15, -0.1) is 11.8 Å². The molecule has 0 saturated heterocycles. The van der Waals surface area contributed by atoms with Crippen LogP contribution < -0.4 is 0 Å². The van der Waals surface area contributed by atoms with Crippen LogP contribution in [0.1, 0.15) is 24.4 Å². The number of carbonyl (C=O) groups excluding carboxylic acids is 1. The van der Waals surface area contributed by atoms with Crippen LogP contribution in [0.25, 0.3) is 0 Å². The zero-order valence-corrected chi connectivity index (χ0v) is 10.4. The number of rotatable bonds is 5. The summed E-state index contributed by atoms with van der Waals surface area (Å²) < 4.78 is 5.40. The van der Waals surface area contributed by atoms with Crippen molar-refractivity contribution >= 4 is 17.5 Å². The highest BCUT2D eigenvalue weighted by molar-refractivity contribution is 7.99. The van der Waals surface area contributed by atoms with E-state index in [9.17, 15) is 4.79 Å². The molecule has 0 aliphatic heterocycles. The van der Waals surface area contributed by atoms with E-state index in [0.29, 0.717) is 6.42 Å². The molecule has 0 bridgehead atoms. The SMILES string of the molecule is CC(=O)CC(Sc1ccccc1)c1ccco1. The van der Waals surface area contributed by atoms with Crippen LogP contribution >= 0.6 is 11.8 Å². The molecular formula is C14H14O2S. The van der Waals surface area contributed by atoms with Crippen molar-refractivity contribution in [3.8, 4) is 0 Å². The van der Waals surface area contributed by atoms with Gasteiger partial charge in [0.05, 0.1) is 11.5 Å². The van der Waals surface area contributed by atoms with Crippen molar-refractivity contribution in [1.29, 1.82) is 0 Å². The zero-order valence-electron chi connectivity index (χ0n) is 9.63. The van der Waals surface area contributed by atoms with E-state index in [1.54, 1.807) is 24.9 Å². The van der Waals surface area contributed by atoms with Gasteiger partial charge < -0.3 is 4.42 Å². The van der Waals surface area contributed by atoms with Crippen molar-refractivity contribution in [2.24, 2.45) is 0 Å². The molecule has 0 fully saturated rings. The molecule has 0 saturated carbocycles. The minimum Gasteiger partial charge on any atom is -0.468 e. The van der Waals surface area contributed by atoms with Crippen LogP contribution in [0.2, 0.25) is 0 Å². The molecule has 2 rings (SSSR count). The first-order valence-electron chi connectivity index (χ1n) is 5.50. The topological polar surface area (TPSA) is 30.2 Å². The lowest BCUT2D eigenvalue weighted by Gasteiger charge is -2.12. The molecule has 1 unspecified atom stereocenters. The van der Waals surface area contributed by atoms with Crippen LogP contribution in [0.15, 0.2) is 58.0 Å². The van der Waals surface area contributed by atoms with Crippen molar-refractivity contribution in [3.05, 3.63) is 54.5 Å². The van der Waals surface area contributed by atoms with E-state index in [4.69, 9.17) is 4.42 Å². The van der Waals surface area contributed by atoms with Gasteiger partial charge in [0, 0.05) is 11.3 Å². The first-order valence-corrected chi connectivity index (χ1v) is 6.38. The third-order valence-electron chi connectivity index (χ3n) is 2.35. The van der Waals surface area contributed by atoms with E-state index in [1.165, 1.54) is 0 Å². The highest BCUT2D eigenvalue weighted by atomic mass is 32.2. The predicted molar refractivity (Wildman–Crippen MR) is 69.0 cm³/mol. The van der Waals surface area contributed by atoms with Gasteiger partial charge in [0.2, 0.25) is 0 Å². The third kappa shape index (κ3) is 3.49. The molecule has 17 heavy (non-hydrogen) atoms. The van der Waals surface area contributed by atoms with Crippen LogP contribution in [0.3, 0.4) is 0 Å². The Hall–Kier alpha value is -1.48. The summed E-state index contributed by atoms with van der Waals surface area (Å²) in [6, 6.07) is 13.8. The lowest BCUT2D eigenvalue weighted by molar-refractivity contribution is -0.117. The molecule has 1 aromatic heterocycles. The fourth-order valence-electron chi connectivity index (χ4n) is 1.60. The zero-order chi connectivity index (χ0) is 12.1. The Morgan fingerprint density at radius 2 is 2.00 bits per heavy atom. The van der Waals surface area contributed by atoms with Crippen molar-refractivity contribution in [1.82, 2.24) is 0 Å². The molecule has 0 radical (unpaired) electrons. The Morgan fingerprint density at radius 1 is 1.24 bits per heavy atom. The maximum Gasteiger partial charge on any atom is 0.131 e. The van der Waals surface area contributed by atoms with Crippen molar-refractivity contribution in [2.45, 2.75) is 23.5 Å². The van der Waals surface area contributed by atoms with Crippen LogP contribution in [0, 0.1) is 0 Å². The molecule has 3 heteroatoms. The fourth-order valence-corrected chi connectivity index (χ4v) is 2.81. The Bertz CT molecular complexity index is 462. The van der Waals surface area contributed by atoms with Gasteiger partial charge in [-0.1, -0.05) is 18.2 Å². The lowest BCUT2D eigenvalue weighted by Crippen LogP contribution is -1.99. The highest BCUT2D eigenvalue weighted by Gasteiger charge is 2.17. The smallest absolute Gasteiger partial charge is 0.131 e. The third-order valence-corrected chi connectivity index (χ3v) is 3.58. The molecule has 2 aromatic rings. The fraction of sp³-hybridized carbons (Fsp3) is 0.214. The van der Waals surface area contributed by atoms with E-state index in [-0.39, 0.29) is 11.0 Å². The van der Waals surface area contributed by atoms with Gasteiger partial charge in [0.15, 0.2) is 0 Å². The molecule has 1 heterocycles. The summed E-state index contributed by atoms with van der Waals surface area (Å²) in [6.07, 6.45) is 2.14. The number of carbonyl (C=O) groups is 1. The van der Waals surface area contributed by atoms with Crippen LogP contribution in [0.4, 0.5) is 0 Å². The summed E-state index contributed by atoms with van der Waals surface area (Å²) in [6.45, 7) is 1.61. The normalized spacial score (nSPS) is 12.3. The van der Waals surface area contributed by atoms with Crippen molar-refractivity contribution in [2.75, 3.05) is 0 Å². The largest absolute Gasteiger partial charge is 0.468 e. The first-order chi connectivity index (χ1) is 8.25. The summed E-state index contributed by atoms with van der Waals surface area (Å²) in [4.78, 5) is 12.4. The summed E-state index contributed by atoms with van der Waals surface area (Å²) in [5, 5.41) is 0.0601. The van der Waals surface area contributed by atoms with Crippen LogP contribution in [-0.4, -0.2) is 5.78 Å². The summed E-state index contributed by atoms with van der Waals surface area (Å²) in [5.74, 6) is 1.03. The van der Waals surface area contributed by atoms with Gasteiger partial charge in [-0.3, -0.25) is 4.79 Å². The summed E-state index contributed by atoms with van der Waals surface area (Å²) >= 11 is 1.66. The minimum atomic E-state index is 0.0601. The van der Waals surface area contributed by atoms with Crippen LogP contribution in [0.5, 0.6) is 0 Å². The van der Waals surface area contributed by atoms with Gasteiger partial charge in [-0.2, -0.15) is 0 Å². The maximum atomic E-state index is 11.3. The Kier molecular flexibility index (Phi) is 4.04. The van der Waals surface area contributed by atoms with Gasteiger partial charge >= 0.3 is 0 Å². The number of furan rings is 1. The van der Waals surface area contributed by atoms with E-state index in [2.05, 4.69) is 0 Å². The summed E-state index contributed by atoms with van der Waals surface area (Å²) in [5.41, 5.74) is 0. The van der Waals surface area contributed by atoms with Gasteiger partial charge in [-0.25, -0.2) is 0 Å². The molecule has 2 nitrogen and oxygen atoms in total. The second-order valence-corrected chi connectivity index (χ2v) is 5.12. The molecule has 0 aliphatic rings. The Labute approximate surface area is 105 Å².